The number of benzene rings is 1. The third-order valence-electron chi connectivity index (χ3n) is 5.36. The van der Waals surface area contributed by atoms with Gasteiger partial charge in [-0.3, -0.25) is 9.48 Å². The van der Waals surface area contributed by atoms with Crippen LogP contribution in [0.1, 0.15) is 40.9 Å². The van der Waals surface area contributed by atoms with Crippen molar-refractivity contribution >= 4 is 12.0 Å². The number of nitrogens with one attached hydrogen (secondary N) is 1. The molecule has 0 saturated carbocycles. The molecule has 5 heteroatoms. The molecule has 27 heavy (non-hydrogen) atoms. The summed E-state index contributed by atoms with van der Waals surface area (Å²) in [5, 5.41) is 7.78. The van der Waals surface area contributed by atoms with Gasteiger partial charge in [-0.1, -0.05) is 29.8 Å². The Kier molecular flexibility index (Phi) is 6.11. The predicted molar refractivity (Wildman–Crippen MR) is 110 cm³/mol. The van der Waals surface area contributed by atoms with E-state index in [1.165, 1.54) is 11.1 Å². The molecule has 1 aromatic heterocycles. The Morgan fingerprint density at radius 2 is 1.85 bits per heavy atom. The van der Waals surface area contributed by atoms with Crippen molar-refractivity contribution in [2.75, 3.05) is 20.1 Å². The smallest absolute Gasteiger partial charge is 0.244 e. The second-order valence-corrected chi connectivity index (χ2v) is 7.65. The minimum absolute atomic E-state index is 0.0189. The summed E-state index contributed by atoms with van der Waals surface area (Å²) in [5.41, 5.74) is 5.54. The molecule has 1 aliphatic heterocycles. The highest BCUT2D eigenvalue weighted by Gasteiger charge is 2.17. The van der Waals surface area contributed by atoms with Crippen molar-refractivity contribution in [1.29, 1.82) is 0 Å². The Labute approximate surface area is 162 Å². The lowest BCUT2D eigenvalue weighted by Crippen LogP contribution is -2.42. The van der Waals surface area contributed by atoms with Gasteiger partial charge >= 0.3 is 0 Å². The molecule has 1 amide bonds. The zero-order valence-corrected chi connectivity index (χ0v) is 16.8. The maximum atomic E-state index is 12.3. The highest BCUT2D eigenvalue weighted by Crippen LogP contribution is 2.17. The molecule has 1 N–H and O–H groups in total. The van der Waals surface area contributed by atoms with E-state index in [0.29, 0.717) is 0 Å². The Hall–Kier alpha value is -2.40. The van der Waals surface area contributed by atoms with E-state index < -0.39 is 0 Å². The fourth-order valence-corrected chi connectivity index (χ4v) is 3.53. The van der Waals surface area contributed by atoms with Crippen molar-refractivity contribution in [3.63, 3.8) is 0 Å². The number of piperidine rings is 1. The predicted octanol–water partition coefficient (Wildman–Crippen LogP) is 3.08. The van der Waals surface area contributed by atoms with Gasteiger partial charge in [-0.2, -0.15) is 5.10 Å². The molecular formula is C22H30N4O. The van der Waals surface area contributed by atoms with Gasteiger partial charge in [0.15, 0.2) is 0 Å². The lowest BCUT2D eigenvalue weighted by molar-refractivity contribution is -0.117. The molecular weight excluding hydrogens is 336 g/mol. The molecule has 1 aliphatic rings. The van der Waals surface area contributed by atoms with Crippen molar-refractivity contribution < 1.29 is 4.79 Å². The van der Waals surface area contributed by atoms with Gasteiger partial charge in [0.2, 0.25) is 5.91 Å². The normalized spacial score (nSPS) is 16.1. The molecule has 1 saturated heterocycles. The van der Waals surface area contributed by atoms with E-state index in [4.69, 9.17) is 0 Å². The fourth-order valence-electron chi connectivity index (χ4n) is 3.53. The van der Waals surface area contributed by atoms with Crippen LogP contribution in [-0.2, 0) is 11.3 Å². The highest BCUT2D eigenvalue weighted by atomic mass is 16.1. The van der Waals surface area contributed by atoms with E-state index in [0.717, 1.165) is 49.4 Å². The molecule has 0 atom stereocenters. The third kappa shape index (κ3) is 5.07. The minimum atomic E-state index is -0.0189. The standard InChI is InChI=1S/C22H30N4O/c1-16-5-7-19(8-6-16)15-26-18(3)21(17(2)24-26)9-10-22(27)23-20-11-13-25(4)14-12-20/h5-10,20H,11-15H2,1-4H3,(H,23,27). The molecule has 5 nitrogen and oxygen atoms in total. The van der Waals surface area contributed by atoms with Crippen LogP contribution in [0.4, 0.5) is 0 Å². The van der Waals surface area contributed by atoms with Crippen LogP contribution < -0.4 is 5.32 Å². The molecule has 2 aromatic rings. The van der Waals surface area contributed by atoms with Gasteiger partial charge in [0.05, 0.1) is 12.2 Å². The van der Waals surface area contributed by atoms with E-state index in [1.54, 1.807) is 6.08 Å². The maximum absolute atomic E-state index is 12.3. The molecule has 0 unspecified atom stereocenters. The quantitative estimate of drug-likeness (QED) is 0.828. The Balaban J connectivity index is 1.64. The molecule has 1 aromatic carbocycles. The average molecular weight is 367 g/mol. The number of nitrogens with zero attached hydrogens (tertiary/aromatic N) is 3. The van der Waals surface area contributed by atoms with Crippen molar-refractivity contribution in [2.24, 2.45) is 0 Å². The number of hydrogen-bond donors (Lipinski definition) is 1. The average Bonchev–Trinajstić information content (AvgIpc) is 2.90. The van der Waals surface area contributed by atoms with Crippen LogP contribution in [0.25, 0.3) is 6.08 Å². The van der Waals surface area contributed by atoms with Crippen LogP contribution >= 0.6 is 0 Å². The van der Waals surface area contributed by atoms with Gasteiger partial charge in [0.1, 0.15) is 0 Å². The first-order chi connectivity index (χ1) is 12.9. The maximum Gasteiger partial charge on any atom is 0.244 e. The SMILES string of the molecule is Cc1ccc(Cn2nc(C)c(C=CC(=O)NC3CCN(C)CC3)c2C)cc1. The lowest BCUT2D eigenvalue weighted by Gasteiger charge is -2.29. The van der Waals surface area contributed by atoms with Gasteiger partial charge in [0, 0.05) is 23.4 Å². The summed E-state index contributed by atoms with van der Waals surface area (Å²) >= 11 is 0. The number of rotatable bonds is 5. The van der Waals surface area contributed by atoms with Crippen LogP contribution in [0.3, 0.4) is 0 Å². The monoisotopic (exact) mass is 366 g/mol. The van der Waals surface area contributed by atoms with E-state index >= 15 is 0 Å². The van der Waals surface area contributed by atoms with Crippen molar-refractivity contribution in [1.82, 2.24) is 20.0 Å². The van der Waals surface area contributed by atoms with E-state index in [1.807, 2.05) is 17.7 Å². The summed E-state index contributed by atoms with van der Waals surface area (Å²) in [6, 6.07) is 8.79. The Morgan fingerprint density at radius 1 is 1.19 bits per heavy atom. The number of hydrogen-bond acceptors (Lipinski definition) is 3. The number of aromatic nitrogens is 2. The topological polar surface area (TPSA) is 50.2 Å². The second-order valence-electron chi connectivity index (χ2n) is 7.65. The molecule has 0 aliphatic carbocycles. The van der Waals surface area contributed by atoms with Crippen LogP contribution in [0.15, 0.2) is 30.3 Å². The number of likely N-dealkylation sites (tertiary alicyclic amines) is 1. The van der Waals surface area contributed by atoms with Gasteiger partial charge in [0.25, 0.3) is 0 Å². The first-order valence-electron chi connectivity index (χ1n) is 9.69. The van der Waals surface area contributed by atoms with Crippen molar-refractivity contribution in [3.8, 4) is 0 Å². The van der Waals surface area contributed by atoms with Gasteiger partial charge in [-0.15, -0.1) is 0 Å². The number of amides is 1. The summed E-state index contributed by atoms with van der Waals surface area (Å²) in [7, 11) is 2.12. The first kappa shape index (κ1) is 19.4. The molecule has 0 radical (unpaired) electrons. The molecule has 3 rings (SSSR count). The van der Waals surface area contributed by atoms with Crippen LogP contribution in [0.5, 0.6) is 0 Å². The van der Waals surface area contributed by atoms with Crippen molar-refractivity contribution in [2.45, 2.75) is 46.2 Å². The van der Waals surface area contributed by atoms with E-state index in [2.05, 4.69) is 60.5 Å². The molecule has 2 heterocycles. The molecule has 0 spiro atoms. The zero-order valence-electron chi connectivity index (χ0n) is 16.8. The third-order valence-corrected chi connectivity index (χ3v) is 5.36. The summed E-state index contributed by atoms with van der Waals surface area (Å²) < 4.78 is 2.01. The Bertz CT molecular complexity index is 812. The second kappa shape index (κ2) is 8.53. The van der Waals surface area contributed by atoms with Gasteiger partial charge < -0.3 is 10.2 Å². The van der Waals surface area contributed by atoms with Crippen LogP contribution in [0.2, 0.25) is 0 Å². The summed E-state index contributed by atoms with van der Waals surface area (Å²) in [4.78, 5) is 14.6. The first-order valence-corrected chi connectivity index (χ1v) is 9.69. The zero-order chi connectivity index (χ0) is 19.4. The largest absolute Gasteiger partial charge is 0.350 e. The fraction of sp³-hybridized carbons (Fsp3) is 0.455. The highest BCUT2D eigenvalue weighted by molar-refractivity contribution is 5.92. The van der Waals surface area contributed by atoms with Crippen LogP contribution in [-0.4, -0.2) is 46.8 Å². The van der Waals surface area contributed by atoms with Gasteiger partial charge in [-0.25, -0.2) is 0 Å². The van der Waals surface area contributed by atoms with Gasteiger partial charge in [-0.05, 0) is 65.4 Å². The molecule has 0 bridgehead atoms. The summed E-state index contributed by atoms with van der Waals surface area (Å²) in [6.07, 6.45) is 5.57. The Morgan fingerprint density at radius 3 is 2.52 bits per heavy atom. The number of carbonyl (C=O) groups excluding carboxylic acids is 1. The van der Waals surface area contributed by atoms with Crippen molar-refractivity contribution in [3.05, 3.63) is 58.4 Å². The number of carbonyl (C=O) groups is 1. The lowest BCUT2D eigenvalue weighted by atomic mass is 10.1. The molecule has 144 valence electrons. The van der Waals surface area contributed by atoms with E-state index in [9.17, 15) is 4.79 Å². The van der Waals surface area contributed by atoms with Crippen LogP contribution in [0, 0.1) is 20.8 Å². The minimum Gasteiger partial charge on any atom is -0.350 e. The van der Waals surface area contributed by atoms with E-state index in [-0.39, 0.29) is 11.9 Å². The number of aryl methyl sites for hydroxylation is 2. The summed E-state index contributed by atoms with van der Waals surface area (Å²) in [5.74, 6) is -0.0189. The summed E-state index contributed by atoms with van der Waals surface area (Å²) in [6.45, 7) is 8.96. The molecule has 1 fully saturated rings.